The molecule has 154 valence electrons. The zero-order chi connectivity index (χ0) is 18.8. The maximum absolute atomic E-state index is 12.9. The third-order valence-electron chi connectivity index (χ3n) is 5.03. The van der Waals surface area contributed by atoms with Gasteiger partial charge in [-0.3, -0.25) is 4.79 Å². The average molecular weight is 447 g/mol. The fraction of sp³-hybridized carbons (Fsp3) is 0.350. The van der Waals surface area contributed by atoms with Crippen LogP contribution in [0.1, 0.15) is 21.5 Å². The maximum Gasteiger partial charge on any atom is 0.257 e. The van der Waals surface area contributed by atoms with E-state index >= 15 is 0 Å². The second-order valence-electron chi connectivity index (χ2n) is 6.57. The summed E-state index contributed by atoms with van der Waals surface area (Å²) in [6, 6.07) is 9.53. The van der Waals surface area contributed by atoms with Gasteiger partial charge in [-0.15, -0.1) is 24.8 Å². The van der Waals surface area contributed by atoms with Gasteiger partial charge in [-0.1, -0.05) is 23.7 Å². The van der Waals surface area contributed by atoms with Crippen LogP contribution in [0.2, 0.25) is 5.02 Å². The van der Waals surface area contributed by atoms with Crippen LogP contribution in [0.3, 0.4) is 0 Å². The number of carbonyl (C=O) groups is 1. The molecule has 0 atom stereocenters. The van der Waals surface area contributed by atoms with E-state index in [4.69, 9.17) is 22.1 Å². The molecule has 1 fully saturated rings. The van der Waals surface area contributed by atoms with Crippen LogP contribution in [-0.2, 0) is 0 Å². The van der Waals surface area contributed by atoms with Crippen molar-refractivity contribution in [3.05, 3.63) is 52.0 Å². The number of halogens is 3. The molecule has 5 nitrogen and oxygen atoms in total. The normalized spacial score (nSPS) is 13.4. The van der Waals surface area contributed by atoms with Gasteiger partial charge in [0.15, 0.2) is 0 Å². The number of nitrogens with two attached hydrogens (primary N) is 1. The Morgan fingerprint density at radius 1 is 1.11 bits per heavy atom. The van der Waals surface area contributed by atoms with Crippen LogP contribution in [0.25, 0.3) is 0 Å². The maximum atomic E-state index is 12.9. The Balaban J connectivity index is 0.00000196. The lowest BCUT2D eigenvalue weighted by Crippen LogP contribution is -2.49. The van der Waals surface area contributed by atoms with Crippen molar-refractivity contribution in [3.63, 3.8) is 0 Å². The van der Waals surface area contributed by atoms with Gasteiger partial charge >= 0.3 is 0 Å². The van der Waals surface area contributed by atoms with Crippen molar-refractivity contribution in [2.24, 2.45) is 0 Å². The highest BCUT2D eigenvalue weighted by atomic mass is 35.5. The molecule has 0 aliphatic carbocycles. The second-order valence-corrected chi connectivity index (χ2v) is 6.98. The van der Waals surface area contributed by atoms with Crippen molar-refractivity contribution in [2.75, 3.05) is 43.9 Å². The van der Waals surface area contributed by atoms with Crippen LogP contribution < -0.4 is 15.4 Å². The predicted octanol–water partition coefficient (Wildman–Crippen LogP) is 4.35. The molecule has 1 heterocycles. The van der Waals surface area contributed by atoms with Crippen LogP contribution in [0.5, 0.6) is 5.75 Å². The first kappa shape index (κ1) is 24.2. The number of nitrogens with zero attached hydrogens (tertiary/aromatic N) is 2. The van der Waals surface area contributed by atoms with E-state index in [0.29, 0.717) is 35.1 Å². The molecule has 0 bridgehead atoms. The summed E-state index contributed by atoms with van der Waals surface area (Å²) in [5, 5.41) is 0.364. The highest BCUT2D eigenvalue weighted by Gasteiger charge is 2.25. The molecule has 8 heteroatoms. The fourth-order valence-electron chi connectivity index (χ4n) is 3.30. The van der Waals surface area contributed by atoms with Gasteiger partial charge < -0.3 is 20.3 Å². The summed E-state index contributed by atoms with van der Waals surface area (Å²) in [6.07, 6.45) is 0. The molecule has 0 aromatic heterocycles. The lowest BCUT2D eigenvalue weighted by molar-refractivity contribution is 0.0743. The third kappa shape index (κ3) is 4.77. The summed E-state index contributed by atoms with van der Waals surface area (Å²) < 4.78 is 5.32. The third-order valence-corrected chi connectivity index (χ3v) is 5.36. The molecule has 0 saturated carbocycles. The Kier molecular flexibility index (Phi) is 8.74. The van der Waals surface area contributed by atoms with Crippen molar-refractivity contribution in [2.45, 2.75) is 13.8 Å². The standard InChI is InChI=1S/C20H24ClN3O2.2ClH/c1-13-5-4-6-18(14(13)2)23-7-9-24(10-8-23)20(25)15-11-16(21)17(22)12-19(15)26-3;;/h4-6,11-12H,7-10,22H2,1-3H3;2*1H. The van der Waals surface area contributed by atoms with Gasteiger partial charge in [-0.05, 0) is 37.1 Å². The van der Waals surface area contributed by atoms with Gasteiger partial charge in [-0.25, -0.2) is 0 Å². The largest absolute Gasteiger partial charge is 0.496 e. The minimum atomic E-state index is -0.0793. The van der Waals surface area contributed by atoms with Crippen LogP contribution in [0.4, 0.5) is 11.4 Å². The van der Waals surface area contributed by atoms with Gasteiger partial charge in [0, 0.05) is 37.9 Å². The average Bonchev–Trinajstić information content (AvgIpc) is 2.65. The monoisotopic (exact) mass is 445 g/mol. The number of hydrogen-bond acceptors (Lipinski definition) is 4. The van der Waals surface area contributed by atoms with E-state index in [2.05, 4.69) is 36.9 Å². The quantitative estimate of drug-likeness (QED) is 0.712. The molecule has 2 aromatic carbocycles. The lowest BCUT2D eigenvalue weighted by Gasteiger charge is -2.37. The van der Waals surface area contributed by atoms with Crippen molar-refractivity contribution in [1.82, 2.24) is 4.90 Å². The Labute approximate surface area is 183 Å². The summed E-state index contributed by atoms with van der Waals surface area (Å²) in [4.78, 5) is 17.1. The van der Waals surface area contributed by atoms with Crippen LogP contribution in [0.15, 0.2) is 30.3 Å². The Hall–Kier alpha value is -1.82. The van der Waals surface area contributed by atoms with Gasteiger partial charge in [0.05, 0.1) is 23.4 Å². The molecule has 3 rings (SSSR count). The number of benzene rings is 2. The zero-order valence-corrected chi connectivity index (χ0v) is 18.6. The molecular weight excluding hydrogens is 421 g/mol. The zero-order valence-electron chi connectivity index (χ0n) is 16.2. The number of rotatable bonds is 3. The van der Waals surface area contributed by atoms with Gasteiger partial charge in [0.25, 0.3) is 5.91 Å². The molecule has 0 radical (unpaired) electrons. The number of piperazine rings is 1. The minimum Gasteiger partial charge on any atom is -0.496 e. The number of amides is 1. The highest BCUT2D eigenvalue weighted by Crippen LogP contribution is 2.30. The van der Waals surface area contributed by atoms with Crippen molar-refractivity contribution < 1.29 is 9.53 Å². The van der Waals surface area contributed by atoms with Crippen molar-refractivity contribution in [3.8, 4) is 5.75 Å². The number of anilines is 2. The molecule has 2 N–H and O–H groups in total. The SMILES string of the molecule is COc1cc(N)c(Cl)cc1C(=O)N1CCN(c2cccc(C)c2C)CC1.Cl.Cl. The molecule has 0 spiro atoms. The minimum absolute atomic E-state index is 0. The molecule has 1 saturated heterocycles. The first-order valence-corrected chi connectivity index (χ1v) is 9.03. The summed E-state index contributed by atoms with van der Waals surface area (Å²) in [5.41, 5.74) is 10.5. The summed E-state index contributed by atoms with van der Waals surface area (Å²) in [7, 11) is 1.53. The fourth-order valence-corrected chi connectivity index (χ4v) is 3.47. The predicted molar refractivity (Wildman–Crippen MR) is 121 cm³/mol. The second kappa shape index (κ2) is 10.1. The van der Waals surface area contributed by atoms with E-state index in [9.17, 15) is 4.79 Å². The van der Waals surface area contributed by atoms with Crippen molar-refractivity contribution in [1.29, 1.82) is 0 Å². The van der Waals surface area contributed by atoms with Crippen LogP contribution in [-0.4, -0.2) is 44.1 Å². The van der Waals surface area contributed by atoms with E-state index in [1.807, 2.05) is 4.90 Å². The van der Waals surface area contributed by atoms with Crippen LogP contribution >= 0.6 is 36.4 Å². The van der Waals surface area contributed by atoms with Crippen LogP contribution in [0, 0.1) is 13.8 Å². The summed E-state index contributed by atoms with van der Waals surface area (Å²) in [5.74, 6) is 0.373. The molecule has 2 aromatic rings. The molecule has 1 aliphatic rings. The smallest absolute Gasteiger partial charge is 0.257 e. The lowest BCUT2D eigenvalue weighted by atomic mass is 10.1. The number of nitrogen functional groups attached to an aromatic ring is 1. The number of hydrogen-bond donors (Lipinski definition) is 1. The molecule has 1 amide bonds. The molecule has 0 unspecified atom stereocenters. The Morgan fingerprint density at radius 3 is 2.36 bits per heavy atom. The van der Waals surface area contributed by atoms with Crippen molar-refractivity contribution >= 4 is 53.7 Å². The van der Waals surface area contributed by atoms with Gasteiger partial charge in [-0.2, -0.15) is 0 Å². The summed E-state index contributed by atoms with van der Waals surface area (Å²) in [6.45, 7) is 7.15. The molecular formula is C20H26Cl3N3O2. The molecule has 28 heavy (non-hydrogen) atoms. The molecule has 1 aliphatic heterocycles. The topological polar surface area (TPSA) is 58.8 Å². The van der Waals surface area contributed by atoms with Gasteiger partial charge in [0.1, 0.15) is 5.75 Å². The highest BCUT2D eigenvalue weighted by molar-refractivity contribution is 6.33. The number of carbonyl (C=O) groups excluding carboxylic acids is 1. The Bertz CT molecular complexity index is 838. The first-order chi connectivity index (χ1) is 12.4. The van der Waals surface area contributed by atoms with E-state index in [1.165, 1.54) is 23.9 Å². The number of aryl methyl sites for hydroxylation is 1. The van der Waals surface area contributed by atoms with E-state index in [0.717, 1.165) is 13.1 Å². The first-order valence-electron chi connectivity index (χ1n) is 8.65. The number of methoxy groups -OCH3 is 1. The summed E-state index contributed by atoms with van der Waals surface area (Å²) >= 11 is 6.10. The van der Waals surface area contributed by atoms with E-state index in [-0.39, 0.29) is 30.7 Å². The van der Waals surface area contributed by atoms with E-state index < -0.39 is 0 Å². The van der Waals surface area contributed by atoms with Gasteiger partial charge in [0.2, 0.25) is 0 Å². The Morgan fingerprint density at radius 2 is 1.75 bits per heavy atom. The van der Waals surface area contributed by atoms with E-state index in [1.54, 1.807) is 12.1 Å². The number of ether oxygens (including phenoxy) is 1.